The van der Waals surface area contributed by atoms with E-state index >= 15 is 0 Å². The van der Waals surface area contributed by atoms with Crippen molar-refractivity contribution in [3.05, 3.63) is 93.4 Å². The third-order valence-corrected chi connectivity index (χ3v) is 5.05. The molecule has 0 unspecified atom stereocenters. The van der Waals surface area contributed by atoms with Gasteiger partial charge in [-0.05, 0) is 49.6 Å². The molecule has 0 radical (unpaired) electrons. The Labute approximate surface area is 174 Å². The molecule has 1 amide bonds. The van der Waals surface area contributed by atoms with Crippen LogP contribution in [0.3, 0.4) is 0 Å². The predicted molar refractivity (Wildman–Crippen MR) is 113 cm³/mol. The van der Waals surface area contributed by atoms with E-state index in [-0.39, 0.29) is 29.7 Å². The standard InChI is InChI=1S/C23H23N3O4/c1-16-4-2-5-17(12-16)14-25(15-20-6-3-11-30-20)23(27)18-7-10-21(24-19-8-9-19)22(13-18)26(28)29/h2-7,10-13,19,24H,8-9,14-15H2,1H3. The predicted octanol–water partition coefficient (Wildman–Crippen LogP) is 4.91. The van der Waals surface area contributed by atoms with Gasteiger partial charge in [0.05, 0.1) is 17.7 Å². The van der Waals surface area contributed by atoms with Crippen molar-refractivity contribution in [1.29, 1.82) is 0 Å². The molecule has 4 rings (SSSR count). The van der Waals surface area contributed by atoms with Crippen LogP contribution in [-0.4, -0.2) is 21.8 Å². The van der Waals surface area contributed by atoms with Gasteiger partial charge in [-0.3, -0.25) is 14.9 Å². The lowest BCUT2D eigenvalue weighted by atomic mass is 10.1. The molecule has 1 heterocycles. The van der Waals surface area contributed by atoms with Crippen LogP contribution in [-0.2, 0) is 13.1 Å². The lowest BCUT2D eigenvalue weighted by Gasteiger charge is -2.22. The number of carbonyl (C=O) groups excluding carboxylic acids is 1. The number of furan rings is 1. The highest BCUT2D eigenvalue weighted by atomic mass is 16.6. The molecule has 7 nitrogen and oxygen atoms in total. The fourth-order valence-electron chi connectivity index (χ4n) is 3.39. The third kappa shape index (κ3) is 4.68. The minimum atomic E-state index is -0.446. The van der Waals surface area contributed by atoms with Gasteiger partial charge in [0.15, 0.2) is 0 Å². The highest BCUT2D eigenvalue weighted by Gasteiger charge is 2.27. The zero-order chi connectivity index (χ0) is 21.1. The number of nitro groups is 1. The van der Waals surface area contributed by atoms with E-state index in [1.165, 1.54) is 6.07 Å². The third-order valence-electron chi connectivity index (χ3n) is 5.05. The van der Waals surface area contributed by atoms with Crippen LogP contribution in [0.4, 0.5) is 11.4 Å². The van der Waals surface area contributed by atoms with Crippen LogP contribution in [0, 0.1) is 17.0 Å². The Kier molecular flexibility index (Phi) is 5.52. The minimum absolute atomic E-state index is 0.0822. The Balaban J connectivity index is 1.62. The van der Waals surface area contributed by atoms with Gasteiger partial charge in [-0.15, -0.1) is 0 Å². The van der Waals surface area contributed by atoms with Crippen molar-refractivity contribution in [3.8, 4) is 0 Å². The summed E-state index contributed by atoms with van der Waals surface area (Å²) in [4.78, 5) is 26.1. The van der Waals surface area contributed by atoms with E-state index in [1.54, 1.807) is 29.4 Å². The number of hydrogen-bond donors (Lipinski definition) is 1. The number of amides is 1. The van der Waals surface area contributed by atoms with E-state index in [1.807, 2.05) is 37.3 Å². The van der Waals surface area contributed by atoms with E-state index in [0.29, 0.717) is 18.0 Å². The Morgan fingerprint density at radius 2 is 2.00 bits per heavy atom. The van der Waals surface area contributed by atoms with Crippen molar-refractivity contribution in [2.75, 3.05) is 5.32 Å². The van der Waals surface area contributed by atoms with E-state index < -0.39 is 4.92 Å². The maximum atomic E-state index is 13.3. The van der Waals surface area contributed by atoms with Gasteiger partial charge < -0.3 is 14.6 Å². The summed E-state index contributed by atoms with van der Waals surface area (Å²) in [6, 6.07) is 16.4. The molecule has 7 heteroatoms. The number of hydrogen-bond acceptors (Lipinski definition) is 5. The Morgan fingerprint density at radius 1 is 1.17 bits per heavy atom. The summed E-state index contributed by atoms with van der Waals surface area (Å²) in [6.45, 7) is 2.64. The fraction of sp³-hybridized carbons (Fsp3) is 0.261. The van der Waals surface area contributed by atoms with Crippen LogP contribution in [0.25, 0.3) is 0 Å². The second-order valence-corrected chi connectivity index (χ2v) is 7.64. The zero-order valence-electron chi connectivity index (χ0n) is 16.7. The molecular formula is C23H23N3O4. The Morgan fingerprint density at radius 3 is 2.67 bits per heavy atom. The molecule has 1 saturated carbocycles. The topological polar surface area (TPSA) is 88.6 Å². The average molecular weight is 405 g/mol. The average Bonchev–Trinajstić information content (AvgIpc) is 3.39. The fourth-order valence-corrected chi connectivity index (χ4v) is 3.39. The zero-order valence-corrected chi connectivity index (χ0v) is 16.7. The van der Waals surface area contributed by atoms with Crippen molar-refractivity contribution in [2.24, 2.45) is 0 Å². The first kappa shape index (κ1) is 19.7. The lowest BCUT2D eigenvalue weighted by molar-refractivity contribution is -0.384. The van der Waals surface area contributed by atoms with Gasteiger partial charge in [-0.25, -0.2) is 0 Å². The summed E-state index contributed by atoms with van der Waals surface area (Å²) < 4.78 is 5.43. The molecule has 1 aromatic heterocycles. The molecular weight excluding hydrogens is 382 g/mol. The second-order valence-electron chi connectivity index (χ2n) is 7.64. The number of nitrogens with one attached hydrogen (secondary N) is 1. The molecule has 154 valence electrons. The smallest absolute Gasteiger partial charge is 0.293 e. The number of carbonyl (C=O) groups is 1. The highest BCUT2D eigenvalue weighted by Crippen LogP contribution is 2.32. The van der Waals surface area contributed by atoms with Crippen molar-refractivity contribution in [3.63, 3.8) is 0 Å². The van der Waals surface area contributed by atoms with Crippen molar-refractivity contribution in [2.45, 2.75) is 38.9 Å². The maximum Gasteiger partial charge on any atom is 0.293 e. The summed E-state index contributed by atoms with van der Waals surface area (Å²) in [7, 11) is 0. The molecule has 0 aliphatic heterocycles. The van der Waals surface area contributed by atoms with Gasteiger partial charge in [0.25, 0.3) is 11.6 Å². The number of anilines is 1. The largest absolute Gasteiger partial charge is 0.467 e. The minimum Gasteiger partial charge on any atom is -0.467 e. The van der Waals surface area contributed by atoms with E-state index in [2.05, 4.69) is 5.32 Å². The monoisotopic (exact) mass is 405 g/mol. The van der Waals surface area contributed by atoms with Crippen molar-refractivity contribution in [1.82, 2.24) is 4.90 Å². The number of aryl methyl sites for hydroxylation is 1. The molecule has 1 aliphatic carbocycles. The van der Waals surface area contributed by atoms with Gasteiger partial charge >= 0.3 is 0 Å². The van der Waals surface area contributed by atoms with Gasteiger partial charge in [-0.1, -0.05) is 29.8 Å². The van der Waals surface area contributed by atoms with Crippen LogP contribution < -0.4 is 5.32 Å². The summed E-state index contributed by atoms with van der Waals surface area (Å²) in [5, 5.41) is 14.7. The molecule has 1 fully saturated rings. The van der Waals surface area contributed by atoms with Crippen LogP contribution in [0.2, 0.25) is 0 Å². The van der Waals surface area contributed by atoms with Crippen LogP contribution in [0.5, 0.6) is 0 Å². The normalized spacial score (nSPS) is 13.1. The first-order valence-corrected chi connectivity index (χ1v) is 9.92. The van der Waals surface area contributed by atoms with Crippen LogP contribution >= 0.6 is 0 Å². The molecule has 1 N–H and O–H groups in total. The molecule has 2 aromatic carbocycles. The maximum absolute atomic E-state index is 13.3. The van der Waals surface area contributed by atoms with Gasteiger partial charge in [0.1, 0.15) is 11.4 Å². The van der Waals surface area contributed by atoms with Gasteiger partial charge in [0, 0.05) is 24.2 Å². The second kappa shape index (κ2) is 8.41. The lowest BCUT2D eigenvalue weighted by Crippen LogP contribution is -2.30. The number of nitrogens with zero attached hydrogens (tertiary/aromatic N) is 2. The molecule has 0 spiro atoms. The van der Waals surface area contributed by atoms with Crippen molar-refractivity contribution >= 4 is 17.3 Å². The Bertz CT molecular complexity index is 1060. The summed E-state index contributed by atoms with van der Waals surface area (Å²) in [5.74, 6) is 0.367. The van der Waals surface area contributed by atoms with E-state index in [4.69, 9.17) is 4.42 Å². The first-order valence-electron chi connectivity index (χ1n) is 9.92. The number of benzene rings is 2. The summed E-state index contributed by atoms with van der Waals surface area (Å²) >= 11 is 0. The molecule has 0 bridgehead atoms. The van der Waals surface area contributed by atoms with Crippen LogP contribution in [0.15, 0.2) is 65.3 Å². The SMILES string of the molecule is Cc1cccc(CN(Cc2ccco2)C(=O)c2ccc(NC3CC3)c([N+](=O)[O-])c2)c1. The molecule has 1 aliphatic rings. The van der Waals surface area contributed by atoms with E-state index in [0.717, 1.165) is 24.0 Å². The van der Waals surface area contributed by atoms with E-state index in [9.17, 15) is 14.9 Å². The quantitative estimate of drug-likeness (QED) is 0.425. The molecule has 0 saturated heterocycles. The number of nitro benzene ring substituents is 1. The molecule has 30 heavy (non-hydrogen) atoms. The number of rotatable bonds is 8. The van der Waals surface area contributed by atoms with Crippen molar-refractivity contribution < 1.29 is 14.1 Å². The first-order chi connectivity index (χ1) is 14.5. The van der Waals surface area contributed by atoms with Crippen LogP contribution in [0.1, 0.15) is 40.1 Å². The molecule has 3 aromatic rings. The van der Waals surface area contributed by atoms with Gasteiger partial charge in [-0.2, -0.15) is 0 Å². The van der Waals surface area contributed by atoms with Gasteiger partial charge in [0.2, 0.25) is 0 Å². The Hall–Kier alpha value is -3.61. The summed E-state index contributed by atoms with van der Waals surface area (Å²) in [5.41, 5.74) is 2.74. The highest BCUT2D eigenvalue weighted by molar-refractivity contribution is 5.95. The molecule has 0 atom stereocenters. The summed E-state index contributed by atoms with van der Waals surface area (Å²) in [6.07, 6.45) is 3.57.